The second-order valence-corrected chi connectivity index (χ2v) is 10.4. The number of anilines is 1. The van der Waals surface area contributed by atoms with Gasteiger partial charge in [0.25, 0.3) is 0 Å². The Morgan fingerprint density at radius 2 is 1.94 bits per heavy atom. The third kappa shape index (κ3) is 6.51. The molecule has 1 atom stereocenters. The zero-order valence-corrected chi connectivity index (χ0v) is 21.5. The number of allylic oxidation sites excluding steroid dienone is 1. The summed E-state index contributed by atoms with van der Waals surface area (Å²) >= 11 is 4.76. The Balaban J connectivity index is 1.48. The lowest BCUT2D eigenvalue weighted by atomic mass is 9.97. The lowest BCUT2D eigenvalue weighted by Gasteiger charge is -2.19. The van der Waals surface area contributed by atoms with Gasteiger partial charge in [0, 0.05) is 23.1 Å². The molecule has 0 unspecified atom stereocenters. The summed E-state index contributed by atoms with van der Waals surface area (Å²) in [6.07, 6.45) is 7.90. The molecule has 0 bridgehead atoms. The number of amides is 2. The van der Waals surface area contributed by atoms with Gasteiger partial charge in [-0.3, -0.25) is 14.5 Å². The minimum absolute atomic E-state index is 0.0559. The molecule has 1 fully saturated rings. The number of carbonyl (C=O) groups excluding carboxylic acids is 2. The van der Waals surface area contributed by atoms with E-state index >= 15 is 0 Å². The van der Waals surface area contributed by atoms with Crippen LogP contribution in [0.4, 0.5) is 11.4 Å². The van der Waals surface area contributed by atoms with Crippen LogP contribution in [-0.4, -0.2) is 40.8 Å². The number of hydrogen-bond donors (Lipinski definition) is 1. The first-order chi connectivity index (χ1) is 16.5. The number of amidine groups is 1. The van der Waals surface area contributed by atoms with Crippen LogP contribution < -0.4 is 10.1 Å². The number of ether oxygens (including phenoxy) is 1. The quantitative estimate of drug-likeness (QED) is 0.397. The number of nitrogens with zero attached hydrogens (tertiary/aromatic N) is 2. The normalized spacial score (nSPS) is 19.3. The number of methoxy groups -OCH3 is 1. The molecule has 1 heterocycles. The molecule has 1 aliphatic carbocycles. The van der Waals surface area contributed by atoms with E-state index in [9.17, 15) is 9.59 Å². The zero-order chi connectivity index (χ0) is 23.9. The second kappa shape index (κ2) is 11.7. The van der Waals surface area contributed by atoms with Crippen molar-refractivity contribution < 1.29 is 14.3 Å². The number of hydrogen-bond acceptors (Lipinski definition) is 5. The van der Waals surface area contributed by atoms with Gasteiger partial charge in [-0.05, 0) is 80.6 Å². The lowest BCUT2D eigenvalue weighted by Crippen LogP contribution is -2.34. The number of halogens is 1. The summed E-state index contributed by atoms with van der Waals surface area (Å²) < 4.78 is 6.17. The monoisotopic (exact) mass is 541 g/mol. The first-order valence-corrected chi connectivity index (χ1v) is 13.1. The maximum atomic E-state index is 13.3. The molecule has 178 valence electrons. The van der Waals surface area contributed by atoms with Crippen LogP contribution in [0, 0.1) is 0 Å². The van der Waals surface area contributed by atoms with Crippen LogP contribution in [-0.2, 0) is 9.59 Å². The molecular weight excluding hydrogens is 514 g/mol. The maximum Gasteiger partial charge on any atom is 0.242 e. The molecule has 34 heavy (non-hydrogen) atoms. The van der Waals surface area contributed by atoms with Gasteiger partial charge in [0.2, 0.25) is 11.8 Å². The van der Waals surface area contributed by atoms with Crippen molar-refractivity contribution in [1.29, 1.82) is 0 Å². The second-order valence-electron chi connectivity index (χ2n) is 8.31. The fourth-order valence-corrected chi connectivity index (χ4v) is 5.45. The van der Waals surface area contributed by atoms with E-state index in [0.29, 0.717) is 17.4 Å². The largest absolute Gasteiger partial charge is 0.497 e. The summed E-state index contributed by atoms with van der Waals surface area (Å²) in [6.45, 7) is 0.581. The minimum Gasteiger partial charge on any atom is -0.497 e. The molecule has 6 nitrogen and oxygen atoms in total. The predicted molar refractivity (Wildman–Crippen MR) is 142 cm³/mol. The molecule has 2 aromatic carbocycles. The Hall–Kier alpha value is -2.58. The van der Waals surface area contributed by atoms with Gasteiger partial charge in [0.05, 0.1) is 12.8 Å². The topological polar surface area (TPSA) is 71.0 Å². The summed E-state index contributed by atoms with van der Waals surface area (Å²) in [4.78, 5) is 32.5. The number of benzene rings is 2. The van der Waals surface area contributed by atoms with Crippen LogP contribution in [0.5, 0.6) is 5.75 Å². The van der Waals surface area contributed by atoms with Gasteiger partial charge in [-0.2, -0.15) is 0 Å². The van der Waals surface area contributed by atoms with Crippen molar-refractivity contribution >= 4 is 56.0 Å². The number of aliphatic imine (C=N–C) groups is 1. The van der Waals surface area contributed by atoms with Gasteiger partial charge in [-0.25, -0.2) is 4.99 Å². The van der Waals surface area contributed by atoms with Gasteiger partial charge in [0.1, 0.15) is 11.0 Å². The smallest absolute Gasteiger partial charge is 0.242 e. The molecule has 8 heteroatoms. The molecule has 2 amide bonds. The van der Waals surface area contributed by atoms with Crippen molar-refractivity contribution in [2.75, 3.05) is 19.0 Å². The van der Waals surface area contributed by atoms with Crippen LogP contribution in [0.1, 0.15) is 38.5 Å². The third-order valence-corrected chi connectivity index (χ3v) is 7.56. The summed E-state index contributed by atoms with van der Waals surface area (Å²) in [7, 11) is 1.62. The van der Waals surface area contributed by atoms with Gasteiger partial charge in [-0.1, -0.05) is 39.3 Å². The molecule has 1 aliphatic heterocycles. The maximum absolute atomic E-state index is 13.3. The highest BCUT2D eigenvalue weighted by Gasteiger charge is 2.39. The summed E-state index contributed by atoms with van der Waals surface area (Å²) in [5.74, 6) is 0.510. The van der Waals surface area contributed by atoms with E-state index in [1.54, 1.807) is 12.0 Å². The molecule has 1 N–H and O–H groups in total. The molecule has 0 aromatic heterocycles. The van der Waals surface area contributed by atoms with Gasteiger partial charge in [0.15, 0.2) is 5.17 Å². The third-order valence-electron chi connectivity index (χ3n) is 5.86. The summed E-state index contributed by atoms with van der Waals surface area (Å²) in [5.41, 5.74) is 2.86. The number of carbonyl (C=O) groups is 2. The highest BCUT2D eigenvalue weighted by atomic mass is 79.9. The van der Waals surface area contributed by atoms with Crippen molar-refractivity contribution in [3.05, 3.63) is 64.7 Å². The first-order valence-electron chi connectivity index (χ1n) is 11.5. The van der Waals surface area contributed by atoms with E-state index in [4.69, 9.17) is 9.73 Å². The molecule has 1 saturated heterocycles. The van der Waals surface area contributed by atoms with E-state index in [1.807, 2.05) is 48.5 Å². The van der Waals surface area contributed by atoms with Crippen LogP contribution in [0.3, 0.4) is 0 Å². The van der Waals surface area contributed by atoms with Gasteiger partial charge < -0.3 is 10.1 Å². The zero-order valence-electron chi connectivity index (χ0n) is 19.1. The Labute approximate surface area is 213 Å². The molecule has 0 radical (unpaired) electrons. The molecular formula is C26H28BrN3O3S. The van der Waals surface area contributed by atoms with Crippen molar-refractivity contribution in [3.8, 4) is 5.75 Å². The minimum atomic E-state index is -0.493. The number of rotatable bonds is 8. The van der Waals surface area contributed by atoms with Crippen LogP contribution in [0.25, 0.3) is 0 Å². The average molecular weight is 542 g/mol. The van der Waals surface area contributed by atoms with Crippen LogP contribution in [0.15, 0.2) is 69.6 Å². The Bertz CT molecular complexity index is 1080. The molecule has 2 aromatic rings. The summed E-state index contributed by atoms with van der Waals surface area (Å²) in [6, 6.07) is 14.8. The van der Waals surface area contributed by atoms with Gasteiger partial charge in [-0.15, -0.1) is 0 Å². The van der Waals surface area contributed by atoms with E-state index < -0.39 is 5.25 Å². The Morgan fingerprint density at radius 3 is 2.62 bits per heavy atom. The fraction of sp³-hybridized carbons (Fsp3) is 0.346. The standard InChI is InChI=1S/C26H28BrN3O3S/c1-33-22-13-11-21(12-14-22)29-26-30(16-15-18-5-3-2-4-6-18)25(32)23(34-26)17-24(31)28-20-9-7-19(27)8-10-20/h5,7-14,23H,2-4,6,15-17H2,1H3,(H,28,31)/t23-/m1/s1. The molecule has 0 saturated carbocycles. The Kier molecular flexibility index (Phi) is 8.45. The van der Waals surface area contributed by atoms with Crippen LogP contribution in [0.2, 0.25) is 0 Å². The highest BCUT2D eigenvalue weighted by molar-refractivity contribution is 9.10. The average Bonchev–Trinajstić information content (AvgIpc) is 3.13. The highest BCUT2D eigenvalue weighted by Crippen LogP contribution is 2.33. The molecule has 4 rings (SSSR count). The SMILES string of the molecule is COc1ccc(N=C2S[C@H](CC(=O)Nc3ccc(Br)cc3)C(=O)N2CCC2=CCCCC2)cc1. The van der Waals surface area contributed by atoms with E-state index in [-0.39, 0.29) is 18.2 Å². The lowest BCUT2D eigenvalue weighted by molar-refractivity contribution is -0.128. The Morgan fingerprint density at radius 1 is 1.18 bits per heavy atom. The fourth-order valence-electron chi connectivity index (χ4n) is 4.00. The number of nitrogens with one attached hydrogen (secondary N) is 1. The van der Waals surface area contributed by atoms with E-state index in [1.165, 1.54) is 30.2 Å². The summed E-state index contributed by atoms with van der Waals surface area (Å²) in [5, 5.41) is 3.04. The van der Waals surface area contributed by atoms with Crippen LogP contribution >= 0.6 is 27.7 Å². The molecule has 0 spiro atoms. The number of thioether (sulfide) groups is 1. The van der Waals surface area contributed by atoms with E-state index in [0.717, 1.165) is 35.2 Å². The van der Waals surface area contributed by atoms with Crippen molar-refractivity contribution in [1.82, 2.24) is 4.90 Å². The van der Waals surface area contributed by atoms with Crippen molar-refractivity contribution in [2.45, 2.75) is 43.8 Å². The predicted octanol–water partition coefficient (Wildman–Crippen LogP) is 6.31. The van der Waals surface area contributed by atoms with Crippen molar-refractivity contribution in [2.24, 2.45) is 4.99 Å². The van der Waals surface area contributed by atoms with Crippen molar-refractivity contribution in [3.63, 3.8) is 0 Å². The molecule has 2 aliphatic rings. The van der Waals surface area contributed by atoms with E-state index in [2.05, 4.69) is 27.3 Å². The first kappa shape index (κ1) is 24.5. The van der Waals surface area contributed by atoms with Gasteiger partial charge >= 0.3 is 0 Å².